The lowest BCUT2D eigenvalue weighted by Gasteiger charge is -2.43. The zero-order valence-electron chi connectivity index (χ0n) is 16.0. The third kappa shape index (κ3) is 3.07. The van der Waals surface area contributed by atoms with Crippen LogP contribution in [0, 0.1) is 17.3 Å². The molecule has 0 heterocycles. The first-order valence-corrected chi connectivity index (χ1v) is 9.10. The second kappa shape index (κ2) is 6.86. The summed E-state index contributed by atoms with van der Waals surface area (Å²) in [6, 6.07) is 0. The predicted molar refractivity (Wildman–Crippen MR) is 95.7 cm³/mol. The monoisotopic (exact) mass is 352 g/mol. The number of ether oxygens (including phenoxy) is 1. The molecule has 0 aliphatic heterocycles. The molecule has 0 saturated heterocycles. The molecule has 2 fully saturated rings. The Labute approximate surface area is 150 Å². The van der Waals surface area contributed by atoms with Crippen LogP contribution in [0.15, 0.2) is 23.8 Å². The van der Waals surface area contributed by atoms with E-state index in [4.69, 9.17) is 4.74 Å². The van der Waals surface area contributed by atoms with Gasteiger partial charge in [-0.2, -0.15) is 0 Å². The lowest BCUT2D eigenvalue weighted by molar-refractivity contribution is -0.162. The summed E-state index contributed by atoms with van der Waals surface area (Å²) >= 11 is 0. The van der Waals surface area contributed by atoms with E-state index < -0.39 is 35.3 Å². The number of carbonyl (C=O) groups is 1. The molecule has 0 spiro atoms. The molecule has 2 saturated carbocycles. The van der Waals surface area contributed by atoms with E-state index in [1.807, 2.05) is 20.8 Å². The van der Waals surface area contributed by atoms with Crippen LogP contribution >= 0.6 is 0 Å². The number of carbonyl (C=O) groups excluding carboxylic acids is 1. The smallest absolute Gasteiger partial charge is 0.333 e. The van der Waals surface area contributed by atoms with Crippen molar-refractivity contribution < 1.29 is 24.9 Å². The van der Waals surface area contributed by atoms with Gasteiger partial charge in [-0.05, 0) is 44.1 Å². The van der Waals surface area contributed by atoms with E-state index in [1.165, 1.54) is 0 Å². The number of hydrogen-bond acceptors (Lipinski definition) is 5. The van der Waals surface area contributed by atoms with Crippen molar-refractivity contribution >= 4 is 5.97 Å². The van der Waals surface area contributed by atoms with Crippen LogP contribution in [0.2, 0.25) is 0 Å². The SMILES string of the molecule is C=C1CC[C@@H]2[C@@](C)([C@H](O)[C@@H]1O)[C@H](OC(=O)/C(C)=C/C)C[C@@]2(O)C(C)C. The summed E-state index contributed by atoms with van der Waals surface area (Å²) in [5, 5.41) is 32.8. The van der Waals surface area contributed by atoms with E-state index in [0.717, 1.165) is 0 Å². The number of esters is 1. The first-order valence-electron chi connectivity index (χ1n) is 9.10. The van der Waals surface area contributed by atoms with Crippen molar-refractivity contribution in [1.29, 1.82) is 0 Å². The molecule has 5 heteroatoms. The zero-order valence-corrected chi connectivity index (χ0v) is 16.0. The largest absolute Gasteiger partial charge is 0.458 e. The molecule has 2 aliphatic rings. The maximum absolute atomic E-state index is 12.3. The van der Waals surface area contributed by atoms with Gasteiger partial charge < -0.3 is 20.1 Å². The first kappa shape index (κ1) is 20.1. The fraction of sp³-hybridized carbons (Fsp3) is 0.750. The highest BCUT2D eigenvalue weighted by Crippen LogP contribution is 2.59. The number of aliphatic hydroxyl groups excluding tert-OH is 2. The van der Waals surface area contributed by atoms with E-state index >= 15 is 0 Å². The number of aliphatic hydroxyl groups is 3. The minimum Gasteiger partial charge on any atom is -0.458 e. The summed E-state index contributed by atoms with van der Waals surface area (Å²) in [4.78, 5) is 12.3. The molecular formula is C20H32O5. The average Bonchev–Trinajstić information content (AvgIpc) is 2.74. The van der Waals surface area contributed by atoms with Crippen molar-refractivity contribution in [3.05, 3.63) is 23.8 Å². The number of hydrogen-bond donors (Lipinski definition) is 3. The molecule has 0 aromatic carbocycles. The molecule has 2 rings (SSSR count). The van der Waals surface area contributed by atoms with Crippen molar-refractivity contribution in [3.8, 4) is 0 Å². The van der Waals surface area contributed by atoms with Crippen LogP contribution in [-0.2, 0) is 9.53 Å². The third-order valence-electron chi connectivity index (χ3n) is 6.67. The summed E-state index contributed by atoms with van der Waals surface area (Å²) in [7, 11) is 0. The molecule has 6 atom stereocenters. The van der Waals surface area contributed by atoms with Gasteiger partial charge >= 0.3 is 5.97 Å². The van der Waals surface area contributed by atoms with Crippen LogP contribution in [0.3, 0.4) is 0 Å². The van der Waals surface area contributed by atoms with E-state index in [1.54, 1.807) is 19.9 Å². The Balaban J connectivity index is 2.49. The van der Waals surface area contributed by atoms with Gasteiger partial charge in [-0.1, -0.05) is 33.4 Å². The maximum Gasteiger partial charge on any atom is 0.333 e. The highest BCUT2D eigenvalue weighted by atomic mass is 16.5. The van der Waals surface area contributed by atoms with Gasteiger partial charge in [0.25, 0.3) is 0 Å². The van der Waals surface area contributed by atoms with Gasteiger partial charge in [-0.3, -0.25) is 0 Å². The maximum atomic E-state index is 12.3. The Morgan fingerprint density at radius 3 is 2.52 bits per heavy atom. The summed E-state index contributed by atoms with van der Waals surface area (Å²) in [5.74, 6) is -0.822. The topological polar surface area (TPSA) is 87.0 Å². The van der Waals surface area contributed by atoms with Crippen molar-refractivity contribution in [1.82, 2.24) is 0 Å². The van der Waals surface area contributed by atoms with Gasteiger partial charge in [-0.25, -0.2) is 4.79 Å². The second-order valence-electron chi connectivity index (χ2n) is 8.22. The molecule has 0 radical (unpaired) electrons. The van der Waals surface area contributed by atoms with E-state index in [2.05, 4.69) is 6.58 Å². The Morgan fingerprint density at radius 2 is 2.00 bits per heavy atom. The molecule has 3 N–H and O–H groups in total. The molecule has 25 heavy (non-hydrogen) atoms. The second-order valence-corrected chi connectivity index (χ2v) is 8.22. The molecule has 142 valence electrons. The van der Waals surface area contributed by atoms with Gasteiger partial charge in [0.2, 0.25) is 0 Å². The Morgan fingerprint density at radius 1 is 1.40 bits per heavy atom. The average molecular weight is 352 g/mol. The summed E-state index contributed by atoms with van der Waals surface area (Å²) in [6.45, 7) is 13.0. The number of rotatable bonds is 3. The molecule has 0 amide bonds. The Kier molecular flexibility index (Phi) is 5.53. The van der Waals surface area contributed by atoms with E-state index in [9.17, 15) is 20.1 Å². The lowest BCUT2D eigenvalue weighted by atomic mass is 9.67. The van der Waals surface area contributed by atoms with Gasteiger partial charge in [0.15, 0.2) is 0 Å². The fourth-order valence-corrected chi connectivity index (χ4v) is 4.57. The lowest BCUT2D eigenvalue weighted by Crippen LogP contribution is -2.52. The minimum absolute atomic E-state index is 0.0703. The molecular weight excluding hydrogens is 320 g/mol. The predicted octanol–water partition coefficient (Wildman–Crippen LogP) is 2.35. The van der Waals surface area contributed by atoms with Crippen LogP contribution in [0.25, 0.3) is 0 Å². The fourth-order valence-electron chi connectivity index (χ4n) is 4.57. The Hall–Kier alpha value is -1.17. The van der Waals surface area contributed by atoms with Crippen LogP contribution < -0.4 is 0 Å². The number of fused-ring (bicyclic) bond motifs is 1. The molecule has 0 unspecified atom stereocenters. The summed E-state index contributed by atoms with van der Waals surface area (Å²) in [5.41, 5.74) is -0.978. The van der Waals surface area contributed by atoms with Crippen LogP contribution in [-0.4, -0.2) is 45.2 Å². The van der Waals surface area contributed by atoms with Gasteiger partial charge in [0, 0.05) is 17.4 Å². The van der Waals surface area contributed by atoms with Gasteiger partial charge in [-0.15, -0.1) is 0 Å². The summed E-state index contributed by atoms with van der Waals surface area (Å²) < 4.78 is 5.72. The molecule has 2 aliphatic carbocycles. The van der Waals surface area contributed by atoms with E-state index in [-0.39, 0.29) is 18.3 Å². The highest BCUT2D eigenvalue weighted by molar-refractivity contribution is 5.87. The van der Waals surface area contributed by atoms with Crippen LogP contribution in [0.1, 0.15) is 53.9 Å². The summed E-state index contributed by atoms with van der Waals surface area (Å²) in [6.07, 6.45) is 0.133. The molecule has 0 aromatic rings. The molecule has 0 aromatic heterocycles. The Bertz CT molecular complexity index is 581. The van der Waals surface area contributed by atoms with Crippen molar-refractivity contribution in [3.63, 3.8) is 0 Å². The third-order valence-corrected chi connectivity index (χ3v) is 6.67. The normalized spacial score (nSPS) is 42.3. The first-order chi connectivity index (χ1) is 11.5. The standard InChI is InChI=1S/C20H32O5/c1-7-12(4)18(23)25-15-10-20(24,11(2)3)14-9-8-13(5)16(21)17(22)19(14,15)6/h7,11,14-17,21-22,24H,5,8-10H2,1-4,6H3/b12-7+/t14-,15-,16-,17-,19-,20-/m1/s1. The molecule has 0 bridgehead atoms. The quantitative estimate of drug-likeness (QED) is 0.412. The van der Waals surface area contributed by atoms with Crippen LogP contribution in [0.4, 0.5) is 0 Å². The minimum atomic E-state index is -1.15. The molecule has 5 nitrogen and oxygen atoms in total. The van der Waals surface area contributed by atoms with Crippen LogP contribution in [0.5, 0.6) is 0 Å². The zero-order chi connectivity index (χ0) is 19.2. The van der Waals surface area contributed by atoms with Crippen molar-refractivity contribution in [2.45, 2.75) is 77.8 Å². The van der Waals surface area contributed by atoms with Crippen molar-refractivity contribution in [2.75, 3.05) is 0 Å². The number of allylic oxidation sites excluding steroid dienone is 1. The highest BCUT2D eigenvalue weighted by Gasteiger charge is 2.66. The van der Waals surface area contributed by atoms with E-state index in [0.29, 0.717) is 24.0 Å². The van der Waals surface area contributed by atoms with Gasteiger partial charge in [0.1, 0.15) is 12.2 Å². The van der Waals surface area contributed by atoms with Gasteiger partial charge in [0.05, 0.1) is 11.7 Å². The van der Waals surface area contributed by atoms with Crippen molar-refractivity contribution in [2.24, 2.45) is 17.3 Å².